The molecule has 0 saturated carbocycles. The van der Waals surface area contributed by atoms with Crippen LogP contribution in [0.5, 0.6) is 0 Å². The Kier molecular flexibility index (Phi) is 15.3. The van der Waals surface area contributed by atoms with Crippen LogP contribution in [0.4, 0.5) is 0 Å². The van der Waals surface area contributed by atoms with Gasteiger partial charge in [0, 0.05) is 17.4 Å². The van der Waals surface area contributed by atoms with Gasteiger partial charge in [0.25, 0.3) is 0 Å². The van der Waals surface area contributed by atoms with Crippen molar-refractivity contribution in [2.24, 2.45) is 29.6 Å². The zero-order chi connectivity index (χ0) is 44.7. The van der Waals surface area contributed by atoms with Gasteiger partial charge in [-0.2, -0.15) is 0 Å². The smallest absolute Gasteiger partial charge is 0.338 e. The minimum Gasteiger partial charge on any atom is -0.459 e. The van der Waals surface area contributed by atoms with E-state index in [0.717, 1.165) is 11.1 Å². The molecule has 7 unspecified atom stereocenters. The Morgan fingerprint density at radius 3 is 1.80 bits per heavy atom. The molecule has 0 radical (unpaired) electrons. The number of ether oxygens (including phenoxy) is 10. The predicted molar refractivity (Wildman–Crippen MR) is 236 cm³/mol. The lowest BCUT2D eigenvalue weighted by Gasteiger charge is -2.51. The lowest BCUT2D eigenvalue weighted by Crippen LogP contribution is -2.62. The van der Waals surface area contributed by atoms with Gasteiger partial charge >= 0.3 is 11.9 Å². The summed E-state index contributed by atoms with van der Waals surface area (Å²) in [6.07, 6.45) is -6.69. The van der Waals surface area contributed by atoms with Crippen molar-refractivity contribution in [3.05, 3.63) is 144 Å². The average molecular weight is 879 g/mol. The van der Waals surface area contributed by atoms with E-state index in [-0.39, 0.29) is 49.1 Å². The molecule has 12 nitrogen and oxygen atoms in total. The van der Waals surface area contributed by atoms with E-state index < -0.39 is 73.4 Å². The maximum absolute atomic E-state index is 14.0. The molecule has 0 aromatic heterocycles. The molecule has 4 saturated heterocycles. The molecule has 4 aliphatic heterocycles. The van der Waals surface area contributed by atoms with Crippen molar-refractivity contribution >= 4 is 11.9 Å². The summed E-state index contributed by atoms with van der Waals surface area (Å²) in [6.45, 7) is 13.3. The van der Waals surface area contributed by atoms with Crippen molar-refractivity contribution in [2.75, 3.05) is 19.8 Å². The van der Waals surface area contributed by atoms with Gasteiger partial charge in [-0.15, -0.1) is 0 Å². The lowest BCUT2D eigenvalue weighted by molar-refractivity contribution is -0.373. The summed E-state index contributed by atoms with van der Waals surface area (Å²) in [5, 5.41) is 0. The molecular formula is C52H62O12. The molecule has 0 amide bonds. The Morgan fingerprint density at radius 2 is 1.12 bits per heavy atom. The molecule has 12 heteroatoms. The summed E-state index contributed by atoms with van der Waals surface area (Å²) in [4.78, 5) is 27.5. The van der Waals surface area contributed by atoms with Crippen LogP contribution in [0.3, 0.4) is 0 Å². The summed E-state index contributed by atoms with van der Waals surface area (Å²) < 4.78 is 65.7. The van der Waals surface area contributed by atoms with Crippen LogP contribution in [-0.4, -0.2) is 93.2 Å². The number of hydrogen-bond donors (Lipinski definition) is 0. The molecule has 0 aliphatic carbocycles. The number of carbonyl (C=O) groups is 2. The second-order valence-corrected chi connectivity index (χ2v) is 17.8. The van der Waals surface area contributed by atoms with Crippen molar-refractivity contribution in [1.29, 1.82) is 0 Å². The molecule has 8 rings (SSSR count). The predicted octanol–water partition coefficient (Wildman–Crippen LogP) is 8.59. The SMILES string of the molecule is CC1C(C)[C@@H]2OC(c3ccccc3)OC[C@@H]2O[C@@H]1O[C@H]1C(C)C(OC(=O)c2ccccc2)[C@@H](O[C@H]2C(COCc3ccccc3)O[C@@H](C)C(C)[C@H]2C)O[C@@H]1COC(=O)c1ccccc1. The largest absolute Gasteiger partial charge is 0.459 e. The number of rotatable bonds is 14. The Morgan fingerprint density at radius 1 is 0.547 bits per heavy atom. The van der Waals surface area contributed by atoms with Crippen LogP contribution in [0.25, 0.3) is 0 Å². The molecule has 0 spiro atoms. The first-order valence-corrected chi connectivity index (χ1v) is 22.7. The topological polar surface area (TPSA) is 126 Å². The third kappa shape index (κ3) is 10.6. The number of hydrogen-bond acceptors (Lipinski definition) is 12. The molecule has 0 bridgehead atoms. The Labute approximate surface area is 376 Å². The van der Waals surface area contributed by atoms with E-state index in [0.29, 0.717) is 24.3 Å². The van der Waals surface area contributed by atoms with Crippen molar-refractivity contribution in [1.82, 2.24) is 0 Å². The second kappa shape index (κ2) is 21.2. The van der Waals surface area contributed by atoms with Crippen molar-refractivity contribution in [3.8, 4) is 0 Å². The van der Waals surface area contributed by atoms with Gasteiger partial charge < -0.3 is 47.4 Å². The van der Waals surface area contributed by atoms with Crippen LogP contribution in [0.15, 0.2) is 121 Å². The van der Waals surface area contributed by atoms with E-state index >= 15 is 0 Å². The molecule has 64 heavy (non-hydrogen) atoms. The zero-order valence-corrected chi connectivity index (χ0v) is 37.5. The van der Waals surface area contributed by atoms with E-state index in [4.69, 9.17) is 47.4 Å². The highest BCUT2D eigenvalue weighted by Gasteiger charge is 2.54. The molecule has 4 fully saturated rings. The standard InChI is InChI=1S/C52H62O12/c1-31-32(2)44(41(58-36(31)6)28-55-27-37-19-11-7-12-20-37)64-52-47(61-49(54)39-23-15-9-16-24-39)35(5)46(42(60-52)29-56-48(53)38-21-13-8-14-22-38)62-50-34(4)33(3)45-43(59-50)30-57-51(63-45)40-25-17-10-18-26-40/h7-26,31-36,41-47,50-52H,27-30H2,1-6H3/t31?,32-,33?,34?,35?,36+,41?,42-,43+,44-,45+,46+,47?,50-,51?,52-/m1/s1. The molecule has 342 valence electrons. The fourth-order valence-corrected chi connectivity index (χ4v) is 9.27. The van der Waals surface area contributed by atoms with Crippen LogP contribution in [0.1, 0.15) is 79.7 Å². The molecule has 4 heterocycles. The molecule has 4 aliphatic rings. The quantitative estimate of drug-likeness (QED) is 0.113. The van der Waals surface area contributed by atoms with Gasteiger partial charge in [-0.3, -0.25) is 0 Å². The van der Waals surface area contributed by atoms with Gasteiger partial charge in [0.15, 0.2) is 25.0 Å². The maximum Gasteiger partial charge on any atom is 0.338 e. The first kappa shape index (κ1) is 46.0. The first-order chi connectivity index (χ1) is 31.0. The normalized spacial score (nSPS) is 35.2. The van der Waals surface area contributed by atoms with E-state index in [2.05, 4.69) is 34.6 Å². The van der Waals surface area contributed by atoms with Gasteiger partial charge in [-0.1, -0.05) is 132 Å². The Balaban J connectivity index is 1.07. The van der Waals surface area contributed by atoms with Gasteiger partial charge in [0.1, 0.15) is 24.9 Å². The summed E-state index contributed by atoms with van der Waals surface area (Å²) in [5.41, 5.74) is 2.76. The Hall–Kier alpha value is -4.50. The summed E-state index contributed by atoms with van der Waals surface area (Å²) in [5.74, 6) is -1.63. The maximum atomic E-state index is 14.0. The third-order valence-electron chi connectivity index (χ3n) is 13.7. The van der Waals surface area contributed by atoms with Crippen molar-refractivity contribution in [2.45, 2.75) is 116 Å². The highest BCUT2D eigenvalue weighted by atomic mass is 16.8. The molecule has 16 atom stereocenters. The lowest BCUT2D eigenvalue weighted by atomic mass is 9.81. The Bertz CT molecular complexity index is 2070. The third-order valence-corrected chi connectivity index (χ3v) is 13.7. The fourth-order valence-electron chi connectivity index (χ4n) is 9.27. The average Bonchev–Trinajstić information content (AvgIpc) is 3.33. The minimum absolute atomic E-state index is 0.00544. The number of esters is 2. The number of benzene rings is 4. The summed E-state index contributed by atoms with van der Waals surface area (Å²) in [6, 6.07) is 37.5. The molecule has 4 aromatic carbocycles. The minimum atomic E-state index is -1.11. The summed E-state index contributed by atoms with van der Waals surface area (Å²) in [7, 11) is 0. The van der Waals surface area contributed by atoms with Crippen LogP contribution in [0, 0.1) is 29.6 Å². The van der Waals surface area contributed by atoms with E-state index in [1.807, 2.05) is 79.7 Å². The highest BCUT2D eigenvalue weighted by Crippen LogP contribution is 2.43. The number of fused-ring (bicyclic) bond motifs is 1. The van der Waals surface area contributed by atoms with Crippen LogP contribution in [0.2, 0.25) is 0 Å². The van der Waals surface area contributed by atoms with Crippen LogP contribution < -0.4 is 0 Å². The molecule has 0 N–H and O–H groups in total. The van der Waals surface area contributed by atoms with Gasteiger partial charge in [-0.25, -0.2) is 9.59 Å². The van der Waals surface area contributed by atoms with Crippen LogP contribution >= 0.6 is 0 Å². The highest BCUT2D eigenvalue weighted by molar-refractivity contribution is 5.89. The van der Waals surface area contributed by atoms with E-state index in [1.165, 1.54) is 0 Å². The van der Waals surface area contributed by atoms with Crippen molar-refractivity contribution in [3.63, 3.8) is 0 Å². The first-order valence-electron chi connectivity index (χ1n) is 22.7. The molecular weight excluding hydrogens is 817 g/mol. The van der Waals surface area contributed by atoms with E-state index in [9.17, 15) is 9.59 Å². The van der Waals surface area contributed by atoms with Gasteiger partial charge in [0.2, 0.25) is 0 Å². The van der Waals surface area contributed by atoms with E-state index in [1.54, 1.807) is 48.5 Å². The van der Waals surface area contributed by atoms with Gasteiger partial charge in [0.05, 0.1) is 55.4 Å². The summed E-state index contributed by atoms with van der Waals surface area (Å²) >= 11 is 0. The monoisotopic (exact) mass is 878 g/mol. The van der Waals surface area contributed by atoms with Crippen LogP contribution in [-0.2, 0) is 54.0 Å². The number of carbonyl (C=O) groups excluding carboxylic acids is 2. The van der Waals surface area contributed by atoms with Crippen molar-refractivity contribution < 1.29 is 57.0 Å². The second-order valence-electron chi connectivity index (χ2n) is 17.8. The molecule has 4 aromatic rings. The fraction of sp³-hybridized carbons (Fsp3) is 0.500. The zero-order valence-electron chi connectivity index (χ0n) is 37.5. The van der Waals surface area contributed by atoms with Gasteiger partial charge in [-0.05, 0) is 54.5 Å².